The fraction of sp³-hybridized carbons (Fsp3) is 0.650. The van der Waals surface area contributed by atoms with Gasteiger partial charge < -0.3 is 20.4 Å². The Balaban J connectivity index is -0.000000163. The number of aromatic carboxylic acids is 1. The largest absolute Gasteiger partial charge is 0.478 e. The van der Waals surface area contributed by atoms with Gasteiger partial charge in [-0.15, -0.1) is 0 Å². The summed E-state index contributed by atoms with van der Waals surface area (Å²) >= 11 is 0. The summed E-state index contributed by atoms with van der Waals surface area (Å²) in [5, 5.41) is 8.54. The second kappa shape index (κ2) is 42.6. The van der Waals surface area contributed by atoms with Crippen LogP contribution < -0.4 is 5.73 Å². The summed E-state index contributed by atoms with van der Waals surface area (Å²) in [6.07, 6.45) is 18.0. The van der Waals surface area contributed by atoms with Crippen LogP contribution in [0.2, 0.25) is 0 Å². The highest BCUT2D eigenvalue weighted by atomic mass is 16.5. The van der Waals surface area contributed by atoms with Crippen LogP contribution in [0.15, 0.2) is 41.4 Å². The van der Waals surface area contributed by atoms with E-state index < -0.39 is 5.97 Å². The van der Waals surface area contributed by atoms with E-state index in [0.717, 1.165) is 25.5 Å². The fourth-order valence-electron chi connectivity index (χ4n) is 3.42. The lowest BCUT2D eigenvalue weighted by molar-refractivity contribution is -0.120. The molecule has 1 fully saturated rings. The number of amides is 1. The number of Topliss-reactive ketones (excluding diaryl/α,β-unsaturated/α-hetero) is 1. The van der Waals surface area contributed by atoms with E-state index >= 15 is 0 Å². The number of rotatable bonds is 13. The number of carbonyl (C=O) groups is 5. The standard InChI is InChI=1S/C9H18O.C8H14N2O.C8H6O3.C6H12O.C5H10O.2C2H6/c1-3-4-5-9-7-6-8(2)10-9;1-3-5-7(9)10-8(11)6-4-2;9-5-6-3-1-2-4-7(6)8(10)11;1-2-3-4-5-6-7;1-4(2)5(3)6;2*1-2/h8-9H,3-7H2,1-2H3;3,5H,4,6H2,1-2H3,(H2,9,10,11);1-5H,(H,10,11);6H,2-5H2,1H3;4H,1-3H3;2*1-2H3/b;5-3-;;;;;. The third-order valence-corrected chi connectivity index (χ3v) is 6.31. The van der Waals surface area contributed by atoms with Crippen LogP contribution >= 0.6 is 0 Å². The van der Waals surface area contributed by atoms with Gasteiger partial charge in [0.25, 0.3) is 0 Å². The zero-order valence-corrected chi connectivity index (χ0v) is 33.1. The average Bonchev–Trinajstić information content (AvgIpc) is 3.51. The number of hydrogen-bond acceptors (Lipinski definition) is 6. The van der Waals surface area contributed by atoms with Crippen LogP contribution in [0.3, 0.4) is 0 Å². The molecule has 0 aliphatic carbocycles. The fourth-order valence-corrected chi connectivity index (χ4v) is 3.42. The molecule has 2 atom stereocenters. The predicted octanol–water partition coefficient (Wildman–Crippen LogP) is 10.2. The number of allylic oxidation sites excluding steroid dienone is 1. The van der Waals surface area contributed by atoms with Gasteiger partial charge in [0.05, 0.1) is 17.8 Å². The van der Waals surface area contributed by atoms with Crippen molar-refractivity contribution in [2.45, 2.75) is 166 Å². The van der Waals surface area contributed by atoms with E-state index in [-0.39, 0.29) is 34.6 Å². The molecule has 1 saturated heterocycles. The van der Waals surface area contributed by atoms with Crippen LogP contribution in [0, 0.1) is 5.92 Å². The van der Waals surface area contributed by atoms with Crippen LogP contribution in [-0.2, 0) is 19.1 Å². The Kier molecular flexibility index (Phi) is 47.7. The molecule has 0 spiro atoms. The quantitative estimate of drug-likeness (QED) is 0.0896. The van der Waals surface area contributed by atoms with Crippen LogP contribution in [0.25, 0.3) is 0 Å². The Hall–Kier alpha value is -3.46. The van der Waals surface area contributed by atoms with Crippen molar-refractivity contribution in [3.05, 3.63) is 47.5 Å². The molecule has 1 aromatic rings. The minimum absolute atomic E-state index is 0.0440. The minimum atomic E-state index is -1.08. The van der Waals surface area contributed by atoms with Gasteiger partial charge in [0.1, 0.15) is 17.9 Å². The molecule has 284 valence electrons. The number of aliphatic imine (C=N–C) groups is 1. The molecule has 3 N–H and O–H groups in total. The van der Waals surface area contributed by atoms with E-state index in [2.05, 4.69) is 25.8 Å². The number of carbonyl (C=O) groups excluding carboxylic acids is 4. The normalized spacial score (nSPS) is 14.2. The maximum absolute atomic E-state index is 10.8. The Morgan fingerprint density at radius 3 is 1.88 bits per heavy atom. The molecule has 1 aliphatic heterocycles. The Labute approximate surface area is 299 Å². The summed E-state index contributed by atoms with van der Waals surface area (Å²) < 4.78 is 5.66. The number of aldehydes is 2. The van der Waals surface area contributed by atoms with Crippen molar-refractivity contribution in [2.75, 3.05) is 0 Å². The molecule has 0 radical (unpaired) electrons. The van der Waals surface area contributed by atoms with Crippen LogP contribution in [0.5, 0.6) is 0 Å². The smallest absolute Gasteiger partial charge is 0.336 e. The van der Waals surface area contributed by atoms with Crippen LogP contribution in [-0.4, -0.2) is 53.4 Å². The number of carboxylic acids is 1. The summed E-state index contributed by atoms with van der Waals surface area (Å²) in [4.78, 5) is 55.0. The van der Waals surface area contributed by atoms with Gasteiger partial charge in [-0.3, -0.25) is 14.4 Å². The molecule has 2 rings (SSSR count). The van der Waals surface area contributed by atoms with Crippen molar-refractivity contribution in [1.82, 2.24) is 0 Å². The maximum Gasteiger partial charge on any atom is 0.336 e. The molecule has 9 heteroatoms. The lowest BCUT2D eigenvalue weighted by atomic mass is 10.1. The van der Waals surface area contributed by atoms with Crippen molar-refractivity contribution in [2.24, 2.45) is 16.6 Å². The van der Waals surface area contributed by atoms with E-state index in [0.29, 0.717) is 24.9 Å². The number of amidine groups is 1. The van der Waals surface area contributed by atoms with Crippen molar-refractivity contribution in [3.8, 4) is 0 Å². The van der Waals surface area contributed by atoms with Crippen molar-refractivity contribution < 1.29 is 33.8 Å². The molecule has 1 amide bonds. The summed E-state index contributed by atoms with van der Waals surface area (Å²) in [7, 11) is 0. The summed E-state index contributed by atoms with van der Waals surface area (Å²) in [6, 6.07) is 6.06. The van der Waals surface area contributed by atoms with Gasteiger partial charge >= 0.3 is 5.97 Å². The van der Waals surface area contributed by atoms with Gasteiger partial charge in [-0.2, -0.15) is 4.99 Å². The van der Waals surface area contributed by atoms with Gasteiger partial charge in [-0.05, 0) is 65.0 Å². The second-order valence-corrected chi connectivity index (χ2v) is 10.9. The highest BCUT2D eigenvalue weighted by molar-refractivity contribution is 5.99. The molecule has 1 heterocycles. The van der Waals surface area contributed by atoms with Gasteiger partial charge in [0.2, 0.25) is 5.91 Å². The van der Waals surface area contributed by atoms with Crippen molar-refractivity contribution in [3.63, 3.8) is 0 Å². The van der Waals surface area contributed by atoms with E-state index in [4.69, 9.17) is 15.6 Å². The van der Waals surface area contributed by atoms with Crippen LogP contribution in [0.4, 0.5) is 0 Å². The Morgan fingerprint density at radius 1 is 0.959 bits per heavy atom. The number of ether oxygens (including phenoxy) is 1. The first-order valence-corrected chi connectivity index (χ1v) is 18.2. The number of ketones is 1. The highest BCUT2D eigenvalue weighted by Gasteiger charge is 2.20. The zero-order valence-electron chi connectivity index (χ0n) is 33.1. The number of unbranched alkanes of at least 4 members (excludes halogenated alkanes) is 4. The van der Waals surface area contributed by atoms with Gasteiger partial charge in [-0.25, -0.2) is 4.79 Å². The average molecular weight is 693 g/mol. The molecule has 1 aromatic carbocycles. The Bertz CT molecular complexity index is 1000. The molecule has 0 bridgehead atoms. The first-order valence-electron chi connectivity index (χ1n) is 18.2. The van der Waals surface area contributed by atoms with E-state index in [1.165, 1.54) is 57.1 Å². The predicted molar refractivity (Wildman–Crippen MR) is 207 cm³/mol. The van der Waals surface area contributed by atoms with E-state index in [1.807, 2.05) is 55.4 Å². The summed E-state index contributed by atoms with van der Waals surface area (Å²) in [5.41, 5.74) is 5.61. The van der Waals surface area contributed by atoms with Crippen LogP contribution in [0.1, 0.15) is 174 Å². The molecule has 0 saturated carbocycles. The summed E-state index contributed by atoms with van der Waals surface area (Å²) in [5.74, 6) is -0.471. The third kappa shape index (κ3) is 40.6. The number of nitrogens with zero attached hydrogens (tertiary/aromatic N) is 1. The van der Waals surface area contributed by atoms with E-state index in [9.17, 15) is 24.0 Å². The molecule has 49 heavy (non-hydrogen) atoms. The lowest BCUT2D eigenvalue weighted by Gasteiger charge is -2.08. The monoisotopic (exact) mass is 693 g/mol. The molecule has 0 aromatic heterocycles. The van der Waals surface area contributed by atoms with E-state index in [1.54, 1.807) is 31.2 Å². The number of benzene rings is 1. The topological polar surface area (TPSA) is 153 Å². The highest BCUT2D eigenvalue weighted by Crippen LogP contribution is 2.22. The Morgan fingerprint density at radius 2 is 1.51 bits per heavy atom. The SMILES string of the molecule is C/C=C\C(N)=NC(=O)CCC.CC.CC.CC(=O)C(C)C.CCCCC1CCC(C)O1.CCCCCC=O.O=Cc1ccccc1C(=O)O. The van der Waals surface area contributed by atoms with Gasteiger partial charge in [0.15, 0.2) is 6.29 Å². The van der Waals surface area contributed by atoms with Gasteiger partial charge in [-0.1, -0.05) is 112 Å². The number of hydrogen-bond donors (Lipinski definition) is 2. The lowest BCUT2D eigenvalue weighted by Crippen LogP contribution is -2.10. The second-order valence-electron chi connectivity index (χ2n) is 10.9. The first kappa shape index (κ1) is 55.0. The van der Waals surface area contributed by atoms with Gasteiger partial charge in [0, 0.05) is 24.3 Å². The summed E-state index contributed by atoms with van der Waals surface area (Å²) in [6.45, 7) is 23.7. The molecular weight excluding hydrogens is 620 g/mol. The minimum Gasteiger partial charge on any atom is -0.478 e. The number of carboxylic acid groups (broad SMARTS) is 1. The molecule has 9 nitrogen and oxygen atoms in total. The maximum atomic E-state index is 10.8. The van der Waals surface area contributed by atoms with Crippen molar-refractivity contribution in [1.29, 1.82) is 0 Å². The third-order valence-electron chi connectivity index (χ3n) is 6.31. The molecule has 2 unspecified atom stereocenters. The number of nitrogens with two attached hydrogens (primary N) is 1. The zero-order chi connectivity index (χ0) is 39.0. The molecule has 1 aliphatic rings. The van der Waals surface area contributed by atoms with Crippen molar-refractivity contribution >= 4 is 36.1 Å². The molecular formula is C40H72N2O7. The first-order chi connectivity index (χ1) is 23.3.